The molecule has 0 unspecified atom stereocenters. The van der Waals surface area contributed by atoms with Crippen molar-refractivity contribution in [2.75, 3.05) is 11.1 Å². The van der Waals surface area contributed by atoms with Gasteiger partial charge in [0.25, 0.3) is 5.91 Å². The van der Waals surface area contributed by atoms with E-state index >= 15 is 0 Å². The highest BCUT2D eigenvalue weighted by atomic mass is 79.9. The molecule has 0 radical (unpaired) electrons. The third-order valence-corrected chi connectivity index (χ3v) is 3.49. The van der Waals surface area contributed by atoms with E-state index in [4.69, 9.17) is 5.73 Å². The Morgan fingerprint density at radius 1 is 1.25 bits per heavy atom. The van der Waals surface area contributed by atoms with Gasteiger partial charge in [-0.2, -0.15) is 0 Å². The van der Waals surface area contributed by atoms with Crippen LogP contribution in [0.15, 0.2) is 34.8 Å². The summed E-state index contributed by atoms with van der Waals surface area (Å²) in [4.78, 5) is 12.0. The van der Waals surface area contributed by atoms with Gasteiger partial charge in [0.15, 0.2) is 0 Å². The predicted molar refractivity (Wildman–Crippen MR) is 77.6 cm³/mol. The van der Waals surface area contributed by atoms with Crippen molar-refractivity contribution in [1.29, 1.82) is 0 Å². The topological polar surface area (TPSA) is 55.1 Å². The van der Waals surface area contributed by atoms with E-state index in [0.717, 1.165) is 6.07 Å². The Labute approximate surface area is 122 Å². The Hall–Kier alpha value is -1.95. The number of benzene rings is 2. The fourth-order valence-electron chi connectivity index (χ4n) is 1.68. The summed E-state index contributed by atoms with van der Waals surface area (Å²) in [6, 6.07) is 7.04. The van der Waals surface area contributed by atoms with Crippen LogP contribution in [0, 0.1) is 18.6 Å². The molecule has 20 heavy (non-hydrogen) atoms. The molecule has 0 aromatic heterocycles. The van der Waals surface area contributed by atoms with E-state index in [2.05, 4.69) is 21.2 Å². The zero-order valence-corrected chi connectivity index (χ0v) is 12.1. The smallest absolute Gasteiger partial charge is 0.261 e. The van der Waals surface area contributed by atoms with Gasteiger partial charge < -0.3 is 11.1 Å². The monoisotopic (exact) mass is 340 g/mol. The van der Waals surface area contributed by atoms with Crippen LogP contribution in [0.1, 0.15) is 15.9 Å². The number of anilines is 2. The van der Waals surface area contributed by atoms with Crippen molar-refractivity contribution in [2.24, 2.45) is 0 Å². The molecule has 0 aliphatic heterocycles. The summed E-state index contributed by atoms with van der Waals surface area (Å²) in [7, 11) is 0. The first-order chi connectivity index (χ1) is 9.40. The largest absolute Gasteiger partial charge is 0.398 e. The van der Waals surface area contributed by atoms with Crippen LogP contribution in [0.25, 0.3) is 0 Å². The first-order valence-electron chi connectivity index (χ1n) is 5.71. The molecule has 0 atom stereocenters. The molecule has 104 valence electrons. The van der Waals surface area contributed by atoms with Crippen molar-refractivity contribution in [3.05, 3.63) is 57.6 Å². The first kappa shape index (κ1) is 14.5. The highest BCUT2D eigenvalue weighted by Gasteiger charge is 2.19. The highest BCUT2D eigenvalue weighted by molar-refractivity contribution is 9.10. The Kier molecular flexibility index (Phi) is 4.04. The zero-order chi connectivity index (χ0) is 14.9. The minimum atomic E-state index is -0.907. The number of nitrogens with two attached hydrogens (primary N) is 1. The van der Waals surface area contributed by atoms with E-state index in [9.17, 15) is 13.6 Å². The number of hydrogen-bond acceptors (Lipinski definition) is 2. The molecule has 0 heterocycles. The molecule has 0 fully saturated rings. The van der Waals surface area contributed by atoms with E-state index in [1.807, 2.05) is 0 Å². The number of nitrogens with one attached hydrogen (secondary N) is 1. The highest BCUT2D eigenvalue weighted by Crippen LogP contribution is 2.24. The molecular formula is C14H11BrF2N2O. The standard InChI is InChI=1S/C14H11BrF2N2O/c1-7-2-5-10(16)12(13(7)17)14(20)19-8-3-4-9(15)11(18)6-8/h2-6H,18H2,1H3,(H,19,20). The summed E-state index contributed by atoms with van der Waals surface area (Å²) in [6.07, 6.45) is 0. The van der Waals surface area contributed by atoms with Crippen LogP contribution in [-0.4, -0.2) is 5.91 Å². The molecule has 0 aliphatic carbocycles. The van der Waals surface area contributed by atoms with Crippen molar-refractivity contribution in [2.45, 2.75) is 6.92 Å². The van der Waals surface area contributed by atoms with Gasteiger partial charge in [-0.3, -0.25) is 4.79 Å². The molecule has 2 aromatic rings. The summed E-state index contributed by atoms with van der Waals surface area (Å²) in [5, 5.41) is 2.42. The van der Waals surface area contributed by atoms with E-state index in [-0.39, 0.29) is 5.56 Å². The third kappa shape index (κ3) is 2.80. The number of aryl methyl sites for hydroxylation is 1. The number of amides is 1. The maximum Gasteiger partial charge on any atom is 0.261 e. The minimum Gasteiger partial charge on any atom is -0.398 e. The van der Waals surface area contributed by atoms with Crippen LogP contribution < -0.4 is 11.1 Å². The molecule has 0 aliphatic rings. The quantitative estimate of drug-likeness (QED) is 0.815. The zero-order valence-electron chi connectivity index (χ0n) is 10.5. The second-order valence-corrected chi connectivity index (χ2v) is 5.10. The molecule has 3 nitrogen and oxygen atoms in total. The van der Waals surface area contributed by atoms with Gasteiger partial charge in [0.1, 0.15) is 17.2 Å². The average Bonchev–Trinajstić information content (AvgIpc) is 2.39. The van der Waals surface area contributed by atoms with Crippen LogP contribution in [0.4, 0.5) is 20.2 Å². The number of halogens is 3. The van der Waals surface area contributed by atoms with E-state index in [1.165, 1.54) is 19.1 Å². The van der Waals surface area contributed by atoms with Crippen molar-refractivity contribution >= 4 is 33.2 Å². The Morgan fingerprint density at radius 2 is 1.95 bits per heavy atom. The first-order valence-corrected chi connectivity index (χ1v) is 6.50. The molecule has 2 aromatic carbocycles. The van der Waals surface area contributed by atoms with Crippen LogP contribution in [0.3, 0.4) is 0 Å². The maximum absolute atomic E-state index is 13.8. The van der Waals surface area contributed by atoms with Crippen molar-refractivity contribution in [3.8, 4) is 0 Å². The molecule has 1 amide bonds. The average molecular weight is 341 g/mol. The fourth-order valence-corrected chi connectivity index (χ4v) is 1.93. The normalized spacial score (nSPS) is 10.4. The molecule has 0 spiro atoms. The van der Waals surface area contributed by atoms with Gasteiger partial charge in [-0.1, -0.05) is 6.07 Å². The van der Waals surface area contributed by atoms with E-state index in [0.29, 0.717) is 15.8 Å². The Bertz CT molecular complexity index is 689. The molecule has 0 bridgehead atoms. The van der Waals surface area contributed by atoms with Gasteiger partial charge in [-0.05, 0) is 52.7 Å². The summed E-state index contributed by atoms with van der Waals surface area (Å²) >= 11 is 3.22. The molecular weight excluding hydrogens is 330 g/mol. The summed E-state index contributed by atoms with van der Waals surface area (Å²) in [5.74, 6) is -2.63. The second kappa shape index (κ2) is 5.58. The van der Waals surface area contributed by atoms with Gasteiger partial charge in [0, 0.05) is 15.8 Å². The van der Waals surface area contributed by atoms with Crippen molar-refractivity contribution in [1.82, 2.24) is 0 Å². The Balaban J connectivity index is 2.33. The number of nitrogen functional groups attached to an aromatic ring is 1. The lowest BCUT2D eigenvalue weighted by molar-refractivity contribution is 0.101. The van der Waals surface area contributed by atoms with Gasteiger partial charge in [0.05, 0.1) is 0 Å². The number of rotatable bonds is 2. The van der Waals surface area contributed by atoms with Crippen LogP contribution >= 0.6 is 15.9 Å². The summed E-state index contributed by atoms with van der Waals surface area (Å²) in [6.45, 7) is 1.46. The van der Waals surface area contributed by atoms with Crippen LogP contribution in [0.5, 0.6) is 0 Å². The van der Waals surface area contributed by atoms with E-state index < -0.39 is 23.1 Å². The molecule has 3 N–H and O–H groups in total. The lowest BCUT2D eigenvalue weighted by atomic mass is 10.1. The molecule has 0 saturated carbocycles. The van der Waals surface area contributed by atoms with E-state index in [1.54, 1.807) is 12.1 Å². The summed E-state index contributed by atoms with van der Waals surface area (Å²) < 4.78 is 28.1. The van der Waals surface area contributed by atoms with Gasteiger partial charge in [-0.25, -0.2) is 8.78 Å². The molecule has 0 saturated heterocycles. The Morgan fingerprint density at radius 3 is 2.60 bits per heavy atom. The second-order valence-electron chi connectivity index (χ2n) is 4.24. The van der Waals surface area contributed by atoms with Gasteiger partial charge in [0.2, 0.25) is 0 Å². The minimum absolute atomic E-state index is 0.201. The third-order valence-electron chi connectivity index (χ3n) is 2.77. The number of hydrogen-bond donors (Lipinski definition) is 2. The van der Waals surface area contributed by atoms with Crippen LogP contribution in [-0.2, 0) is 0 Å². The van der Waals surface area contributed by atoms with Gasteiger partial charge in [-0.15, -0.1) is 0 Å². The lowest BCUT2D eigenvalue weighted by Gasteiger charge is -2.09. The van der Waals surface area contributed by atoms with Crippen LogP contribution in [0.2, 0.25) is 0 Å². The lowest BCUT2D eigenvalue weighted by Crippen LogP contribution is -2.16. The number of carbonyl (C=O) groups is 1. The SMILES string of the molecule is Cc1ccc(F)c(C(=O)Nc2ccc(Br)c(N)c2)c1F. The number of carbonyl (C=O) groups excluding carboxylic acids is 1. The van der Waals surface area contributed by atoms with Gasteiger partial charge >= 0.3 is 0 Å². The maximum atomic E-state index is 13.8. The molecule has 6 heteroatoms. The van der Waals surface area contributed by atoms with Crippen molar-refractivity contribution in [3.63, 3.8) is 0 Å². The fraction of sp³-hybridized carbons (Fsp3) is 0.0714. The van der Waals surface area contributed by atoms with Crippen molar-refractivity contribution < 1.29 is 13.6 Å². The summed E-state index contributed by atoms with van der Waals surface area (Å²) in [5.41, 5.74) is 6.04. The predicted octanol–water partition coefficient (Wildman–Crippen LogP) is 3.87. The molecule has 2 rings (SSSR count).